The lowest BCUT2D eigenvalue weighted by Gasteiger charge is -2.22. The highest BCUT2D eigenvalue weighted by Crippen LogP contribution is 2.26. The van der Waals surface area contributed by atoms with Crippen LogP contribution in [0.25, 0.3) is 0 Å². The summed E-state index contributed by atoms with van der Waals surface area (Å²) in [5, 5.41) is 18.0. The normalized spacial score (nSPS) is 10.9. The molecule has 1 aromatic heterocycles. The zero-order chi connectivity index (χ0) is 14.8. The highest BCUT2D eigenvalue weighted by molar-refractivity contribution is 6.05. The van der Waals surface area contributed by atoms with Gasteiger partial charge in [0, 0.05) is 5.56 Å². The van der Waals surface area contributed by atoms with Crippen molar-refractivity contribution in [3.63, 3.8) is 0 Å². The van der Waals surface area contributed by atoms with E-state index in [0.717, 1.165) is 5.56 Å². The number of anilines is 1. The molecule has 0 spiro atoms. The van der Waals surface area contributed by atoms with Crippen molar-refractivity contribution >= 4 is 11.7 Å². The molecule has 2 aromatic rings. The molecule has 2 N–H and O–H groups in total. The second-order valence-electron chi connectivity index (χ2n) is 5.52. The predicted molar refractivity (Wildman–Crippen MR) is 76.4 cm³/mol. The molecule has 0 unspecified atom stereocenters. The summed E-state index contributed by atoms with van der Waals surface area (Å²) in [5.41, 5.74) is 1.72. The average Bonchev–Trinajstić information content (AvgIpc) is 2.85. The number of nitriles is 1. The van der Waals surface area contributed by atoms with E-state index in [0.29, 0.717) is 16.9 Å². The Morgan fingerprint density at radius 1 is 1.35 bits per heavy atom. The molecule has 2 rings (SSSR count). The first kappa shape index (κ1) is 13.8. The van der Waals surface area contributed by atoms with Crippen molar-refractivity contribution in [2.24, 2.45) is 0 Å². The summed E-state index contributed by atoms with van der Waals surface area (Å²) in [4.78, 5) is 12.4. The van der Waals surface area contributed by atoms with Gasteiger partial charge in [0.2, 0.25) is 0 Å². The molecule has 0 saturated heterocycles. The Hall–Kier alpha value is -2.61. The van der Waals surface area contributed by atoms with E-state index in [4.69, 9.17) is 5.26 Å². The van der Waals surface area contributed by atoms with Gasteiger partial charge in [-0.15, -0.1) is 0 Å². The monoisotopic (exact) mass is 268 g/mol. The lowest BCUT2D eigenvalue weighted by atomic mass is 9.83. The van der Waals surface area contributed by atoms with Crippen LogP contribution in [-0.4, -0.2) is 16.1 Å². The van der Waals surface area contributed by atoms with Crippen molar-refractivity contribution in [2.45, 2.75) is 26.2 Å². The first-order valence-electron chi connectivity index (χ1n) is 6.28. The van der Waals surface area contributed by atoms with Crippen LogP contribution in [0.5, 0.6) is 0 Å². The number of aromatic amines is 1. The number of H-pyrrole nitrogens is 1. The number of hydrogen-bond donors (Lipinski definition) is 2. The third-order valence-electron chi connectivity index (χ3n) is 2.98. The van der Waals surface area contributed by atoms with Crippen LogP contribution in [0.4, 0.5) is 5.82 Å². The van der Waals surface area contributed by atoms with Crippen molar-refractivity contribution in [1.82, 2.24) is 10.2 Å². The van der Waals surface area contributed by atoms with E-state index in [1.54, 1.807) is 6.07 Å². The third-order valence-corrected chi connectivity index (χ3v) is 2.98. The van der Waals surface area contributed by atoms with Crippen molar-refractivity contribution < 1.29 is 4.79 Å². The van der Waals surface area contributed by atoms with Gasteiger partial charge in [-0.05, 0) is 17.0 Å². The van der Waals surface area contributed by atoms with Crippen LogP contribution in [0, 0.1) is 11.3 Å². The molecule has 0 saturated carbocycles. The van der Waals surface area contributed by atoms with Crippen LogP contribution in [0.2, 0.25) is 0 Å². The molecule has 1 amide bonds. The van der Waals surface area contributed by atoms with E-state index < -0.39 is 0 Å². The first-order valence-corrected chi connectivity index (χ1v) is 6.28. The van der Waals surface area contributed by atoms with Gasteiger partial charge in [-0.1, -0.05) is 39.0 Å². The first-order chi connectivity index (χ1) is 9.43. The van der Waals surface area contributed by atoms with E-state index in [2.05, 4.69) is 36.3 Å². The molecule has 0 fully saturated rings. The van der Waals surface area contributed by atoms with Crippen molar-refractivity contribution in [3.05, 3.63) is 47.2 Å². The SMILES string of the molecule is CC(C)(C)c1ccccc1C(=O)Nc1[nH]ncc1C#N. The number of amides is 1. The summed E-state index contributed by atoms with van der Waals surface area (Å²) in [6.45, 7) is 6.15. The Morgan fingerprint density at radius 3 is 2.70 bits per heavy atom. The zero-order valence-electron chi connectivity index (χ0n) is 11.7. The minimum atomic E-state index is -0.253. The largest absolute Gasteiger partial charge is 0.306 e. The second-order valence-corrected chi connectivity index (χ2v) is 5.52. The topological polar surface area (TPSA) is 81.6 Å². The van der Waals surface area contributed by atoms with E-state index in [-0.39, 0.29) is 11.3 Å². The molecule has 0 radical (unpaired) electrons. The van der Waals surface area contributed by atoms with Crippen LogP contribution < -0.4 is 5.32 Å². The fourth-order valence-corrected chi connectivity index (χ4v) is 1.98. The summed E-state index contributed by atoms with van der Waals surface area (Å²) in [6, 6.07) is 9.42. The molecule has 1 heterocycles. The Bertz CT molecular complexity index is 674. The highest BCUT2D eigenvalue weighted by Gasteiger charge is 2.21. The minimum Gasteiger partial charge on any atom is -0.306 e. The average molecular weight is 268 g/mol. The van der Waals surface area contributed by atoms with Crippen molar-refractivity contribution in [1.29, 1.82) is 5.26 Å². The molecule has 0 atom stereocenters. The maximum atomic E-state index is 12.4. The lowest BCUT2D eigenvalue weighted by molar-refractivity contribution is 0.102. The van der Waals surface area contributed by atoms with Crippen molar-refractivity contribution in [3.8, 4) is 6.07 Å². The minimum absolute atomic E-state index is 0.139. The molecule has 20 heavy (non-hydrogen) atoms. The lowest BCUT2D eigenvalue weighted by Crippen LogP contribution is -2.21. The fraction of sp³-hybridized carbons (Fsp3) is 0.267. The smallest absolute Gasteiger partial charge is 0.257 e. The molecular formula is C15H16N4O. The molecule has 1 aromatic carbocycles. The van der Waals surface area contributed by atoms with Crippen LogP contribution >= 0.6 is 0 Å². The molecule has 0 aliphatic heterocycles. The molecule has 5 heteroatoms. The van der Waals surface area contributed by atoms with Gasteiger partial charge in [0.25, 0.3) is 5.91 Å². The van der Waals surface area contributed by atoms with Gasteiger partial charge in [-0.25, -0.2) is 0 Å². The molecule has 0 bridgehead atoms. The number of benzene rings is 1. The van der Waals surface area contributed by atoms with Gasteiger partial charge < -0.3 is 5.32 Å². The number of carbonyl (C=O) groups excluding carboxylic acids is 1. The number of rotatable bonds is 2. The van der Waals surface area contributed by atoms with Gasteiger partial charge in [0.15, 0.2) is 0 Å². The maximum Gasteiger partial charge on any atom is 0.257 e. The Balaban J connectivity index is 2.34. The van der Waals surface area contributed by atoms with Crippen LogP contribution in [0.3, 0.4) is 0 Å². The Labute approximate surface area is 117 Å². The summed E-state index contributed by atoms with van der Waals surface area (Å²) in [6.07, 6.45) is 1.38. The molecule has 0 aliphatic carbocycles. The second kappa shape index (κ2) is 5.17. The number of carbonyl (C=O) groups is 1. The van der Waals surface area contributed by atoms with Crippen LogP contribution in [0.15, 0.2) is 30.5 Å². The maximum absolute atomic E-state index is 12.4. The molecule has 102 valence electrons. The van der Waals surface area contributed by atoms with Gasteiger partial charge >= 0.3 is 0 Å². The highest BCUT2D eigenvalue weighted by atomic mass is 16.1. The Kier molecular flexibility index (Phi) is 3.57. The summed E-state index contributed by atoms with van der Waals surface area (Å²) in [5.74, 6) is 0.0671. The third kappa shape index (κ3) is 2.69. The molecular weight excluding hydrogens is 252 g/mol. The number of nitrogens with zero attached hydrogens (tertiary/aromatic N) is 2. The van der Waals surface area contributed by atoms with Gasteiger partial charge in [0.05, 0.1) is 6.20 Å². The van der Waals surface area contributed by atoms with Crippen LogP contribution in [0.1, 0.15) is 42.3 Å². The standard InChI is InChI=1S/C15H16N4O/c1-15(2,3)12-7-5-4-6-11(12)14(20)18-13-10(8-16)9-17-19-13/h4-7,9H,1-3H3,(H2,17,18,19,20). The van der Waals surface area contributed by atoms with E-state index >= 15 is 0 Å². The van der Waals surface area contributed by atoms with E-state index in [1.807, 2.05) is 24.3 Å². The van der Waals surface area contributed by atoms with Gasteiger partial charge in [-0.3, -0.25) is 9.89 Å². The fourth-order valence-electron chi connectivity index (χ4n) is 1.98. The molecule has 0 aliphatic rings. The number of hydrogen-bond acceptors (Lipinski definition) is 3. The van der Waals surface area contributed by atoms with E-state index in [9.17, 15) is 4.79 Å². The number of aromatic nitrogens is 2. The summed E-state index contributed by atoms with van der Waals surface area (Å²) >= 11 is 0. The van der Waals surface area contributed by atoms with E-state index in [1.165, 1.54) is 6.20 Å². The summed E-state index contributed by atoms with van der Waals surface area (Å²) < 4.78 is 0. The van der Waals surface area contributed by atoms with Crippen LogP contribution in [-0.2, 0) is 5.41 Å². The number of nitrogens with one attached hydrogen (secondary N) is 2. The zero-order valence-corrected chi connectivity index (χ0v) is 11.7. The van der Waals surface area contributed by atoms with Crippen molar-refractivity contribution in [2.75, 3.05) is 5.32 Å². The Morgan fingerprint density at radius 2 is 2.05 bits per heavy atom. The van der Waals surface area contributed by atoms with Gasteiger partial charge in [-0.2, -0.15) is 10.4 Å². The predicted octanol–water partition coefficient (Wildman–Crippen LogP) is 2.83. The summed E-state index contributed by atoms with van der Waals surface area (Å²) in [7, 11) is 0. The quantitative estimate of drug-likeness (QED) is 0.878. The molecule has 5 nitrogen and oxygen atoms in total. The van der Waals surface area contributed by atoms with Gasteiger partial charge in [0.1, 0.15) is 17.5 Å².